The first-order valence-electron chi connectivity index (χ1n) is 8.91. The molecule has 1 heterocycles. The van der Waals surface area contributed by atoms with Crippen LogP contribution < -0.4 is 0 Å². The van der Waals surface area contributed by atoms with Gasteiger partial charge in [0.1, 0.15) is 5.60 Å². The molecule has 2 aliphatic carbocycles. The molecule has 0 saturated carbocycles. The Hall–Kier alpha value is 0.0600. The van der Waals surface area contributed by atoms with E-state index in [0.29, 0.717) is 6.42 Å². The maximum Gasteiger partial charge on any atom is 0.152 e. The van der Waals surface area contributed by atoms with Crippen molar-refractivity contribution in [2.24, 2.45) is 16.7 Å². The molecule has 0 radical (unpaired) electrons. The number of hydrogen-bond acceptors (Lipinski definition) is 5. The quantitative estimate of drug-likeness (QED) is 0.524. The van der Waals surface area contributed by atoms with Crippen LogP contribution in [-0.2, 0) is 0 Å². The van der Waals surface area contributed by atoms with Gasteiger partial charge in [0.25, 0.3) is 0 Å². The first kappa shape index (κ1) is 18.8. The van der Waals surface area contributed by atoms with Gasteiger partial charge in [0, 0.05) is 11.8 Å². The lowest BCUT2D eigenvalue weighted by Crippen LogP contribution is -2.62. The van der Waals surface area contributed by atoms with Crippen molar-refractivity contribution >= 4 is 23.5 Å². The summed E-state index contributed by atoms with van der Waals surface area (Å²) in [5, 5.41) is 31.2. The summed E-state index contributed by atoms with van der Waals surface area (Å²) in [6, 6.07) is 0. The third-order valence-electron chi connectivity index (χ3n) is 6.53. The van der Waals surface area contributed by atoms with Crippen LogP contribution in [0, 0.1) is 16.7 Å². The fourth-order valence-corrected chi connectivity index (χ4v) is 8.79. The molecule has 0 amide bonds. The molecule has 5 heteroatoms. The maximum atomic E-state index is 12.0. The van der Waals surface area contributed by atoms with Gasteiger partial charge in [-0.25, -0.2) is 0 Å². The van der Waals surface area contributed by atoms with Crippen LogP contribution >= 0.6 is 23.5 Å². The first-order valence-corrected chi connectivity index (χ1v) is 11.0. The summed E-state index contributed by atoms with van der Waals surface area (Å²) in [6.07, 6.45) is 8.44. The molecule has 3 nitrogen and oxygen atoms in total. The van der Waals surface area contributed by atoms with Crippen LogP contribution in [0.1, 0.15) is 46.5 Å². The largest absolute Gasteiger partial charge is 0.383 e. The van der Waals surface area contributed by atoms with E-state index < -0.39 is 11.9 Å². The Morgan fingerprint density at radius 1 is 1.25 bits per heavy atom. The SMILES string of the molecule is CC1=CCC2[C@](C)(CC(O)O)C=CC[C@]2(C)[C@]1(O)C1SCCCS1. The number of aliphatic hydroxyl groups is 3. The minimum Gasteiger partial charge on any atom is -0.383 e. The van der Waals surface area contributed by atoms with Gasteiger partial charge < -0.3 is 15.3 Å². The topological polar surface area (TPSA) is 60.7 Å². The van der Waals surface area contributed by atoms with Gasteiger partial charge in [0.15, 0.2) is 6.29 Å². The van der Waals surface area contributed by atoms with Gasteiger partial charge in [-0.05, 0) is 54.6 Å². The summed E-state index contributed by atoms with van der Waals surface area (Å²) in [5.74, 6) is 2.42. The Bertz CT molecular complexity index is 541. The number of hydrogen-bond donors (Lipinski definition) is 3. The molecular formula is C19H30O3S2. The van der Waals surface area contributed by atoms with Crippen molar-refractivity contribution in [3.8, 4) is 0 Å². The van der Waals surface area contributed by atoms with Gasteiger partial charge in [-0.1, -0.05) is 32.1 Å². The van der Waals surface area contributed by atoms with Gasteiger partial charge in [-0.15, -0.1) is 23.5 Å². The van der Waals surface area contributed by atoms with Crippen molar-refractivity contribution in [3.63, 3.8) is 0 Å². The highest BCUT2D eigenvalue weighted by molar-refractivity contribution is 8.17. The zero-order chi connectivity index (χ0) is 17.6. The Balaban J connectivity index is 2.03. The van der Waals surface area contributed by atoms with Crippen molar-refractivity contribution in [2.75, 3.05) is 11.5 Å². The average Bonchev–Trinajstić information content (AvgIpc) is 2.52. The number of rotatable bonds is 3. The molecule has 0 aromatic rings. The lowest BCUT2D eigenvalue weighted by Gasteiger charge is -2.61. The number of aliphatic hydroxyl groups excluding tert-OH is 1. The Morgan fingerprint density at radius 2 is 1.92 bits per heavy atom. The van der Waals surface area contributed by atoms with E-state index in [1.165, 1.54) is 6.42 Å². The zero-order valence-electron chi connectivity index (χ0n) is 14.9. The smallest absolute Gasteiger partial charge is 0.152 e. The van der Waals surface area contributed by atoms with Crippen LogP contribution in [0.15, 0.2) is 23.8 Å². The first-order chi connectivity index (χ1) is 11.2. The van der Waals surface area contributed by atoms with Crippen molar-refractivity contribution < 1.29 is 15.3 Å². The zero-order valence-corrected chi connectivity index (χ0v) is 16.5. The van der Waals surface area contributed by atoms with Gasteiger partial charge in [0.05, 0.1) is 4.58 Å². The van der Waals surface area contributed by atoms with Crippen LogP contribution in [0.25, 0.3) is 0 Å². The maximum absolute atomic E-state index is 12.0. The summed E-state index contributed by atoms with van der Waals surface area (Å²) in [7, 11) is 0. The van der Waals surface area contributed by atoms with Crippen LogP contribution in [0.3, 0.4) is 0 Å². The standard InChI is InChI=1S/C19H30O3S2/c1-13-6-7-14-17(2,12-15(20)21)8-4-9-18(14,3)19(13,22)16-23-10-5-11-24-16/h4,6,8,14-16,20-22H,5,7,9-12H2,1-3H3/t14?,17-,18-,19+/m0/s1. The predicted molar refractivity (Wildman–Crippen MR) is 103 cm³/mol. The minimum atomic E-state index is -1.32. The van der Waals surface area contributed by atoms with E-state index in [9.17, 15) is 15.3 Å². The van der Waals surface area contributed by atoms with E-state index >= 15 is 0 Å². The molecule has 0 spiro atoms. The fraction of sp³-hybridized carbons (Fsp3) is 0.789. The second kappa shape index (κ2) is 6.66. The van der Waals surface area contributed by atoms with E-state index in [1.807, 2.05) is 23.5 Å². The predicted octanol–water partition coefficient (Wildman–Crippen LogP) is 3.55. The summed E-state index contributed by atoms with van der Waals surface area (Å²) < 4.78 is 0.157. The molecule has 24 heavy (non-hydrogen) atoms. The number of thioether (sulfide) groups is 2. The van der Waals surface area contributed by atoms with Crippen LogP contribution in [0.2, 0.25) is 0 Å². The Morgan fingerprint density at radius 3 is 2.54 bits per heavy atom. The van der Waals surface area contributed by atoms with Crippen LogP contribution in [-0.4, -0.2) is 43.3 Å². The molecular weight excluding hydrogens is 340 g/mol. The summed E-state index contributed by atoms with van der Waals surface area (Å²) in [5.41, 5.74) is -0.351. The molecule has 1 aliphatic heterocycles. The van der Waals surface area contributed by atoms with E-state index in [-0.39, 0.29) is 21.3 Å². The van der Waals surface area contributed by atoms with Crippen molar-refractivity contribution in [3.05, 3.63) is 23.8 Å². The number of allylic oxidation sites excluding steroid dienone is 3. The molecule has 3 N–H and O–H groups in total. The number of fused-ring (bicyclic) bond motifs is 1. The van der Waals surface area contributed by atoms with Gasteiger partial charge in [0.2, 0.25) is 0 Å². The summed E-state index contributed by atoms with van der Waals surface area (Å²) >= 11 is 3.78. The van der Waals surface area contributed by atoms with Crippen LogP contribution in [0.4, 0.5) is 0 Å². The van der Waals surface area contributed by atoms with E-state index in [2.05, 4.69) is 39.0 Å². The molecule has 1 unspecified atom stereocenters. The normalized spacial score (nSPS) is 43.6. The molecule has 1 saturated heterocycles. The third kappa shape index (κ3) is 2.81. The molecule has 3 aliphatic rings. The molecule has 0 bridgehead atoms. The third-order valence-corrected chi connectivity index (χ3v) is 9.68. The Labute approximate surface area is 154 Å². The van der Waals surface area contributed by atoms with Crippen LogP contribution in [0.5, 0.6) is 0 Å². The second-order valence-corrected chi connectivity index (χ2v) is 10.8. The van der Waals surface area contributed by atoms with Crippen molar-refractivity contribution in [1.29, 1.82) is 0 Å². The molecule has 0 aromatic carbocycles. The minimum absolute atomic E-state index is 0.157. The van der Waals surface area contributed by atoms with E-state index in [1.54, 1.807) is 0 Å². The highest BCUT2D eigenvalue weighted by Gasteiger charge is 2.62. The fourth-order valence-electron chi connectivity index (χ4n) is 5.20. The lowest BCUT2D eigenvalue weighted by atomic mass is 9.48. The highest BCUT2D eigenvalue weighted by atomic mass is 32.2. The highest BCUT2D eigenvalue weighted by Crippen LogP contribution is 2.63. The lowest BCUT2D eigenvalue weighted by molar-refractivity contribution is -0.131. The monoisotopic (exact) mass is 370 g/mol. The summed E-state index contributed by atoms with van der Waals surface area (Å²) in [4.78, 5) is 0. The molecule has 0 aromatic heterocycles. The molecule has 136 valence electrons. The average molecular weight is 371 g/mol. The molecule has 3 rings (SSSR count). The van der Waals surface area contributed by atoms with Crippen molar-refractivity contribution in [2.45, 2.75) is 62.9 Å². The van der Waals surface area contributed by atoms with Gasteiger partial charge in [-0.2, -0.15) is 0 Å². The van der Waals surface area contributed by atoms with E-state index in [0.717, 1.165) is 29.9 Å². The van der Waals surface area contributed by atoms with E-state index in [4.69, 9.17) is 0 Å². The Kier molecular flexibility index (Phi) is 5.23. The molecule has 1 fully saturated rings. The van der Waals surface area contributed by atoms with Crippen molar-refractivity contribution in [1.82, 2.24) is 0 Å². The molecule has 4 atom stereocenters. The second-order valence-electron chi connectivity index (χ2n) is 8.08. The summed E-state index contributed by atoms with van der Waals surface area (Å²) in [6.45, 7) is 6.41. The van der Waals surface area contributed by atoms with Gasteiger partial charge >= 0.3 is 0 Å². The van der Waals surface area contributed by atoms with Gasteiger partial charge in [-0.3, -0.25) is 0 Å².